The Morgan fingerprint density at radius 3 is 3.06 bits per heavy atom. The van der Waals surface area contributed by atoms with Crippen molar-refractivity contribution in [2.45, 2.75) is 31.7 Å². The van der Waals surface area contributed by atoms with Gasteiger partial charge in [0.05, 0.1) is 6.61 Å². The van der Waals surface area contributed by atoms with E-state index in [9.17, 15) is 4.39 Å². The molecule has 3 rings (SSSR count). The Hall–Kier alpha value is -1.09. The van der Waals surface area contributed by atoms with Gasteiger partial charge in [0.25, 0.3) is 0 Å². The molecule has 1 aromatic carbocycles. The summed E-state index contributed by atoms with van der Waals surface area (Å²) in [5.41, 5.74) is 1.80. The molecule has 16 heavy (non-hydrogen) atoms. The van der Waals surface area contributed by atoms with Gasteiger partial charge >= 0.3 is 0 Å². The van der Waals surface area contributed by atoms with Crippen LogP contribution in [0.4, 0.5) is 4.39 Å². The summed E-state index contributed by atoms with van der Waals surface area (Å²) in [5.74, 6) is 0.663. The molecule has 0 aromatic heterocycles. The lowest BCUT2D eigenvalue weighted by molar-refractivity contribution is 0.283. The zero-order chi connectivity index (χ0) is 11.0. The maximum Gasteiger partial charge on any atom is 0.130 e. The van der Waals surface area contributed by atoms with Crippen molar-refractivity contribution in [3.63, 3.8) is 0 Å². The van der Waals surface area contributed by atoms with Crippen LogP contribution in [0.1, 0.15) is 36.4 Å². The third-order valence-electron chi connectivity index (χ3n) is 3.47. The molecule has 0 radical (unpaired) electrons. The van der Waals surface area contributed by atoms with Crippen molar-refractivity contribution >= 4 is 0 Å². The van der Waals surface area contributed by atoms with Gasteiger partial charge in [-0.15, -0.1) is 0 Å². The van der Waals surface area contributed by atoms with Crippen LogP contribution >= 0.6 is 0 Å². The van der Waals surface area contributed by atoms with Crippen LogP contribution < -0.4 is 10.1 Å². The molecular weight excluding hydrogens is 205 g/mol. The summed E-state index contributed by atoms with van der Waals surface area (Å²) in [7, 11) is 0. The van der Waals surface area contributed by atoms with Gasteiger partial charge in [0.2, 0.25) is 0 Å². The van der Waals surface area contributed by atoms with Crippen LogP contribution in [-0.2, 0) is 6.42 Å². The molecule has 0 bridgehead atoms. The first-order valence-corrected chi connectivity index (χ1v) is 6.03. The van der Waals surface area contributed by atoms with E-state index < -0.39 is 0 Å². The summed E-state index contributed by atoms with van der Waals surface area (Å²) in [5, 5.41) is 3.38. The third kappa shape index (κ3) is 1.69. The second-order valence-corrected chi connectivity index (χ2v) is 4.58. The predicted octanol–water partition coefficient (Wildman–Crippen LogP) is 2.58. The summed E-state index contributed by atoms with van der Waals surface area (Å²) in [6.45, 7) is 1.75. The van der Waals surface area contributed by atoms with E-state index in [1.807, 2.05) is 6.07 Å². The minimum atomic E-state index is -0.0964. The highest BCUT2D eigenvalue weighted by atomic mass is 19.1. The average Bonchev–Trinajstić information content (AvgIpc) is 2.82. The van der Waals surface area contributed by atoms with Gasteiger partial charge in [0, 0.05) is 11.6 Å². The van der Waals surface area contributed by atoms with E-state index in [0.717, 1.165) is 42.7 Å². The molecule has 0 saturated carbocycles. The lowest BCUT2D eigenvalue weighted by Gasteiger charge is -2.20. The molecule has 0 unspecified atom stereocenters. The Kier molecular flexibility index (Phi) is 2.56. The highest BCUT2D eigenvalue weighted by Crippen LogP contribution is 2.33. The van der Waals surface area contributed by atoms with Crippen LogP contribution in [-0.4, -0.2) is 13.2 Å². The number of nitrogens with one attached hydrogen (secondary N) is 1. The minimum absolute atomic E-state index is 0.0964. The number of benzene rings is 1. The fourth-order valence-corrected chi connectivity index (χ4v) is 2.60. The van der Waals surface area contributed by atoms with Gasteiger partial charge in [-0.05, 0) is 49.9 Å². The Morgan fingerprint density at radius 1 is 1.31 bits per heavy atom. The first-order valence-electron chi connectivity index (χ1n) is 6.03. The summed E-state index contributed by atoms with van der Waals surface area (Å²) in [6.07, 6.45) is 3.99. The van der Waals surface area contributed by atoms with Crippen LogP contribution in [0.25, 0.3) is 0 Å². The van der Waals surface area contributed by atoms with Gasteiger partial charge in [-0.3, -0.25) is 0 Å². The first-order chi connectivity index (χ1) is 7.84. The lowest BCUT2D eigenvalue weighted by atomic mass is 9.99. The predicted molar refractivity (Wildman–Crippen MR) is 60.2 cm³/mol. The smallest absolute Gasteiger partial charge is 0.130 e. The number of halogens is 1. The zero-order valence-corrected chi connectivity index (χ0v) is 9.26. The number of ether oxygens (including phenoxy) is 1. The van der Waals surface area contributed by atoms with Gasteiger partial charge in [0.15, 0.2) is 0 Å². The topological polar surface area (TPSA) is 21.3 Å². The van der Waals surface area contributed by atoms with Gasteiger partial charge in [-0.25, -0.2) is 4.39 Å². The van der Waals surface area contributed by atoms with Crippen LogP contribution in [0.5, 0.6) is 5.75 Å². The molecule has 1 N–H and O–H groups in total. The second-order valence-electron chi connectivity index (χ2n) is 4.58. The van der Waals surface area contributed by atoms with Crippen molar-refractivity contribution in [3.8, 4) is 5.75 Å². The molecule has 2 nitrogen and oxygen atoms in total. The van der Waals surface area contributed by atoms with E-state index in [0.29, 0.717) is 12.6 Å². The van der Waals surface area contributed by atoms with Crippen molar-refractivity contribution < 1.29 is 9.13 Å². The minimum Gasteiger partial charge on any atom is -0.493 e. The SMILES string of the molecule is Fc1cc([C@@H]2CCCN2)cc2c1CCCO2. The van der Waals surface area contributed by atoms with Gasteiger partial charge in [-0.1, -0.05) is 0 Å². The van der Waals surface area contributed by atoms with Crippen LogP contribution in [0.3, 0.4) is 0 Å². The van der Waals surface area contributed by atoms with E-state index in [4.69, 9.17) is 4.74 Å². The summed E-state index contributed by atoms with van der Waals surface area (Å²) < 4.78 is 19.4. The first kappa shape index (κ1) is 10.1. The molecule has 0 spiro atoms. The largest absolute Gasteiger partial charge is 0.493 e. The Balaban J connectivity index is 1.97. The molecule has 0 amide bonds. The molecule has 86 valence electrons. The van der Waals surface area contributed by atoms with Crippen molar-refractivity contribution in [1.29, 1.82) is 0 Å². The standard InChI is InChI=1S/C13H16FNO/c14-11-7-9(12-4-1-5-15-12)8-13-10(11)3-2-6-16-13/h7-8,12,15H,1-6H2/t12-/m0/s1. The van der Waals surface area contributed by atoms with Crippen LogP contribution in [0.2, 0.25) is 0 Å². The highest BCUT2D eigenvalue weighted by molar-refractivity contribution is 5.41. The maximum atomic E-state index is 13.9. The molecule has 1 atom stereocenters. The van der Waals surface area contributed by atoms with E-state index in [1.165, 1.54) is 6.42 Å². The molecule has 0 aliphatic carbocycles. The van der Waals surface area contributed by atoms with Crippen molar-refractivity contribution in [2.75, 3.05) is 13.2 Å². The second kappa shape index (κ2) is 4.06. The third-order valence-corrected chi connectivity index (χ3v) is 3.47. The van der Waals surface area contributed by atoms with Gasteiger partial charge in [0.1, 0.15) is 11.6 Å². The summed E-state index contributed by atoms with van der Waals surface area (Å²) in [4.78, 5) is 0. The number of rotatable bonds is 1. The Morgan fingerprint density at radius 2 is 2.25 bits per heavy atom. The average molecular weight is 221 g/mol. The Bertz CT molecular complexity index is 399. The van der Waals surface area contributed by atoms with E-state index in [2.05, 4.69) is 5.32 Å². The molecular formula is C13H16FNO. The number of hydrogen-bond donors (Lipinski definition) is 1. The molecule has 2 aliphatic rings. The molecule has 2 heterocycles. The summed E-state index contributed by atoms with van der Waals surface area (Å²) >= 11 is 0. The van der Waals surface area contributed by atoms with Gasteiger partial charge in [-0.2, -0.15) is 0 Å². The normalized spacial score (nSPS) is 23.9. The molecule has 1 fully saturated rings. The molecule has 3 heteroatoms. The van der Waals surface area contributed by atoms with E-state index in [1.54, 1.807) is 6.07 Å². The van der Waals surface area contributed by atoms with Gasteiger partial charge < -0.3 is 10.1 Å². The molecule has 1 aromatic rings. The number of hydrogen-bond acceptors (Lipinski definition) is 2. The molecule has 1 saturated heterocycles. The van der Waals surface area contributed by atoms with Crippen molar-refractivity contribution in [3.05, 3.63) is 29.1 Å². The van der Waals surface area contributed by atoms with Crippen LogP contribution in [0.15, 0.2) is 12.1 Å². The van der Waals surface area contributed by atoms with Crippen molar-refractivity contribution in [1.82, 2.24) is 5.32 Å². The quantitative estimate of drug-likeness (QED) is 0.787. The van der Waals surface area contributed by atoms with E-state index >= 15 is 0 Å². The van der Waals surface area contributed by atoms with E-state index in [-0.39, 0.29) is 5.82 Å². The fraction of sp³-hybridized carbons (Fsp3) is 0.538. The fourth-order valence-electron chi connectivity index (χ4n) is 2.60. The van der Waals surface area contributed by atoms with Crippen LogP contribution in [0, 0.1) is 5.82 Å². The maximum absolute atomic E-state index is 13.9. The number of fused-ring (bicyclic) bond motifs is 1. The Labute approximate surface area is 94.8 Å². The lowest BCUT2D eigenvalue weighted by Crippen LogP contribution is -2.15. The summed E-state index contributed by atoms with van der Waals surface area (Å²) in [6, 6.07) is 4.00. The van der Waals surface area contributed by atoms with Crippen molar-refractivity contribution in [2.24, 2.45) is 0 Å². The monoisotopic (exact) mass is 221 g/mol. The molecule has 2 aliphatic heterocycles. The highest BCUT2D eigenvalue weighted by Gasteiger charge is 2.21. The zero-order valence-electron chi connectivity index (χ0n) is 9.26.